The Hall–Kier alpha value is -2.97. The lowest BCUT2D eigenvalue weighted by atomic mass is 9.86. The van der Waals surface area contributed by atoms with Crippen LogP contribution in [-0.4, -0.2) is 0 Å². The Kier molecular flexibility index (Phi) is 4.30. The van der Waals surface area contributed by atoms with Gasteiger partial charge >= 0.3 is 18.5 Å². The molecule has 0 aliphatic carbocycles. The minimum absolute atomic E-state index is 0.0108. The fraction of sp³-hybridized carbons (Fsp3) is 0.182. The van der Waals surface area contributed by atoms with Crippen LogP contribution in [0.1, 0.15) is 22.3 Å². The zero-order valence-corrected chi connectivity index (χ0v) is 15.6. The first-order valence-electron chi connectivity index (χ1n) is 8.79. The smallest absolute Gasteiger partial charge is 0.166 e. The Morgan fingerprint density at radius 3 is 1.35 bits per heavy atom. The average molecular weight is 446 g/mol. The Balaban J connectivity index is 2.34. The third kappa shape index (κ3) is 3.09. The zero-order valence-electron chi connectivity index (χ0n) is 15.6. The lowest BCUT2D eigenvalue weighted by Crippen LogP contribution is -2.15. The summed E-state index contributed by atoms with van der Waals surface area (Å²) in [4.78, 5) is 0. The van der Waals surface area contributed by atoms with Crippen molar-refractivity contribution in [3.05, 3.63) is 63.9 Å². The fourth-order valence-corrected chi connectivity index (χ4v) is 4.21. The molecule has 0 N–H and O–H groups in total. The van der Waals surface area contributed by atoms with Crippen molar-refractivity contribution in [2.75, 3.05) is 0 Å². The summed E-state index contributed by atoms with van der Waals surface area (Å²) in [6, 6.07) is 4.81. The van der Waals surface area contributed by atoms with E-state index in [-0.39, 0.29) is 37.7 Å². The van der Waals surface area contributed by atoms with E-state index in [0.29, 0.717) is 12.1 Å². The molecule has 4 rings (SSSR count). The fourth-order valence-electron chi connectivity index (χ4n) is 4.21. The lowest BCUT2D eigenvalue weighted by Gasteiger charge is -2.21. The molecule has 0 aliphatic rings. The normalized spacial score (nSPS) is 13.6. The molecule has 0 amide bonds. The molecule has 0 saturated carbocycles. The van der Waals surface area contributed by atoms with E-state index >= 15 is 0 Å². The Bertz CT molecular complexity index is 1380. The van der Waals surface area contributed by atoms with Gasteiger partial charge in [0.2, 0.25) is 0 Å². The first-order valence-corrected chi connectivity index (χ1v) is 8.79. The van der Waals surface area contributed by atoms with E-state index in [1.807, 2.05) is 0 Å². The maximum Gasteiger partial charge on any atom is 0.417 e. The number of fused-ring (bicyclic) bond motifs is 2. The predicted molar refractivity (Wildman–Crippen MR) is 99.4 cm³/mol. The molecule has 31 heavy (non-hydrogen) atoms. The molecule has 0 radical (unpaired) electrons. The van der Waals surface area contributed by atoms with Crippen molar-refractivity contribution >= 4 is 38.9 Å². The topological polar surface area (TPSA) is 0 Å². The zero-order chi connectivity index (χ0) is 23.1. The second-order valence-electron chi connectivity index (χ2n) is 7.20. The van der Waals surface area contributed by atoms with E-state index in [0.717, 1.165) is 24.3 Å². The minimum Gasteiger partial charge on any atom is -0.166 e. The molecule has 9 heteroatoms. The van der Waals surface area contributed by atoms with Crippen LogP contribution in [0.15, 0.2) is 36.4 Å². The molecule has 0 aliphatic heterocycles. The Labute approximate surface area is 168 Å². The molecule has 0 bridgehead atoms. The molecule has 0 spiro atoms. The maximum absolute atomic E-state index is 13.6. The highest BCUT2D eigenvalue weighted by Gasteiger charge is 2.40. The SMILES string of the molecule is C=c1c2ccc(C(F)(F)F)c3c(C(F)(F)F)ccc(c4ccc(C(F)(F)F)c(C)c14)c32. The highest BCUT2D eigenvalue weighted by molar-refractivity contribution is 6.23. The van der Waals surface area contributed by atoms with E-state index in [1.165, 1.54) is 6.92 Å². The Morgan fingerprint density at radius 1 is 0.516 bits per heavy atom. The Morgan fingerprint density at radius 2 is 0.903 bits per heavy atom. The third-order valence-electron chi connectivity index (χ3n) is 5.46. The monoisotopic (exact) mass is 446 g/mol. The average Bonchev–Trinajstić information content (AvgIpc) is 2.62. The predicted octanol–water partition coefficient (Wildman–Crippen LogP) is 7.64. The van der Waals surface area contributed by atoms with E-state index in [2.05, 4.69) is 6.58 Å². The van der Waals surface area contributed by atoms with Gasteiger partial charge in [-0.3, -0.25) is 0 Å². The van der Waals surface area contributed by atoms with Gasteiger partial charge in [-0.15, -0.1) is 0 Å². The van der Waals surface area contributed by atoms with Crippen molar-refractivity contribution in [3.8, 4) is 0 Å². The van der Waals surface area contributed by atoms with E-state index in [1.54, 1.807) is 0 Å². The van der Waals surface area contributed by atoms with Gasteiger partial charge in [-0.05, 0) is 62.8 Å². The van der Waals surface area contributed by atoms with Gasteiger partial charge in [-0.1, -0.05) is 24.8 Å². The van der Waals surface area contributed by atoms with Crippen molar-refractivity contribution < 1.29 is 39.5 Å². The van der Waals surface area contributed by atoms with Crippen LogP contribution in [0, 0.1) is 6.92 Å². The van der Waals surface area contributed by atoms with Crippen LogP contribution >= 0.6 is 0 Å². The summed E-state index contributed by atoms with van der Waals surface area (Å²) in [5.74, 6) is 0. The number of halogens is 9. The second-order valence-corrected chi connectivity index (χ2v) is 7.20. The highest BCUT2D eigenvalue weighted by atomic mass is 19.4. The van der Waals surface area contributed by atoms with Crippen molar-refractivity contribution in [2.24, 2.45) is 0 Å². The van der Waals surface area contributed by atoms with E-state index in [9.17, 15) is 39.5 Å². The maximum atomic E-state index is 13.6. The molecule has 4 aromatic carbocycles. The summed E-state index contributed by atoms with van der Waals surface area (Å²) in [6.45, 7) is 4.91. The summed E-state index contributed by atoms with van der Waals surface area (Å²) in [7, 11) is 0. The molecule has 0 saturated heterocycles. The largest absolute Gasteiger partial charge is 0.417 e. The van der Waals surface area contributed by atoms with Crippen LogP contribution in [0.5, 0.6) is 0 Å². The van der Waals surface area contributed by atoms with Gasteiger partial charge in [0, 0.05) is 5.39 Å². The summed E-state index contributed by atoms with van der Waals surface area (Å²) < 4.78 is 122. The van der Waals surface area contributed by atoms with Gasteiger partial charge in [0.1, 0.15) is 0 Å². The van der Waals surface area contributed by atoms with E-state index < -0.39 is 40.6 Å². The van der Waals surface area contributed by atoms with Crippen LogP contribution in [0.2, 0.25) is 0 Å². The molecule has 4 aromatic rings. The third-order valence-corrected chi connectivity index (χ3v) is 5.46. The van der Waals surface area contributed by atoms with Crippen molar-refractivity contribution in [1.29, 1.82) is 0 Å². The van der Waals surface area contributed by atoms with Crippen LogP contribution in [-0.2, 0) is 18.5 Å². The van der Waals surface area contributed by atoms with Gasteiger partial charge < -0.3 is 0 Å². The second kappa shape index (κ2) is 6.27. The number of hydrogen-bond donors (Lipinski definition) is 0. The number of aryl methyl sites for hydroxylation is 1. The molecule has 0 unspecified atom stereocenters. The van der Waals surface area contributed by atoms with Crippen molar-refractivity contribution in [2.45, 2.75) is 25.5 Å². The molecule has 0 heterocycles. The van der Waals surface area contributed by atoms with Gasteiger partial charge in [0.15, 0.2) is 0 Å². The quantitative estimate of drug-likeness (QED) is 0.148. The van der Waals surface area contributed by atoms with Gasteiger partial charge in [0.25, 0.3) is 0 Å². The van der Waals surface area contributed by atoms with Crippen LogP contribution in [0.25, 0.3) is 38.9 Å². The van der Waals surface area contributed by atoms with E-state index in [4.69, 9.17) is 0 Å². The summed E-state index contributed by atoms with van der Waals surface area (Å²) in [5, 5.41) is -1.38. The minimum atomic E-state index is -5.07. The number of benzene rings is 4. The molecule has 0 fully saturated rings. The van der Waals surface area contributed by atoms with Gasteiger partial charge in [0.05, 0.1) is 16.7 Å². The highest BCUT2D eigenvalue weighted by Crippen LogP contribution is 2.46. The van der Waals surface area contributed by atoms with Gasteiger partial charge in [-0.2, -0.15) is 39.5 Å². The summed E-state index contributed by atoms with van der Waals surface area (Å²) >= 11 is 0. The summed E-state index contributed by atoms with van der Waals surface area (Å²) in [6.07, 6.45) is -14.8. The molecule has 0 aromatic heterocycles. The standard InChI is InChI=1S/C22H11F9/c1-9-11-3-7-15(21(26,27)28)19-16(22(29,30)31)8-5-13(18(11)19)12-4-6-14(20(23,24)25)10(2)17(9)12/h3-8H,1H2,2H3. The van der Waals surface area contributed by atoms with Crippen LogP contribution < -0.4 is 5.22 Å². The lowest BCUT2D eigenvalue weighted by molar-refractivity contribution is -0.140. The molecular formula is C22H11F9. The number of rotatable bonds is 0. The first kappa shape index (κ1) is 21.3. The molecular weight excluding hydrogens is 435 g/mol. The molecule has 0 nitrogen and oxygen atoms in total. The first-order chi connectivity index (χ1) is 14.1. The summed E-state index contributed by atoms with van der Waals surface area (Å²) in [5.41, 5.74) is -4.10. The number of hydrogen-bond acceptors (Lipinski definition) is 0. The van der Waals surface area contributed by atoms with Gasteiger partial charge in [-0.25, -0.2) is 0 Å². The van der Waals surface area contributed by atoms with Crippen molar-refractivity contribution in [3.63, 3.8) is 0 Å². The van der Waals surface area contributed by atoms with Crippen LogP contribution in [0.4, 0.5) is 39.5 Å². The number of alkyl halides is 9. The van der Waals surface area contributed by atoms with Crippen molar-refractivity contribution in [1.82, 2.24) is 0 Å². The molecule has 0 atom stereocenters. The van der Waals surface area contributed by atoms with Crippen LogP contribution in [0.3, 0.4) is 0 Å². The molecule has 162 valence electrons.